The zero-order valence-corrected chi connectivity index (χ0v) is 15.1. The molecule has 2 aromatic heterocycles. The fourth-order valence-electron chi connectivity index (χ4n) is 2.51. The summed E-state index contributed by atoms with van der Waals surface area (Å²) >= 11 is 1.54. The number of carbonyl (C=O) groups is 1. The summed E-state index contributed by atoms with van der Waals surface area (Å²) in [5, 5.41) is 4.84. The molecule has 0 atom stereocenters. The van der Waals surface area contributed by atoms with E-state index in [2.05, 4.69) is 10.3 Å². The zero-order valence-electron chi connectivity index (χ0n) is 14.2. The van der Waals surface area contributed by atoms with Crippen molar-refractivity contribution in [2.24, 2.45) is 0 Å². The van der Waals surface area contributed by atoms with Crippen molar-refractivity contribution < 1.29 is 19.0 Å². The van der Waals surface area contributed by atoms with E-state index in [9.17, 15) is 4.79 Å². The van der Waals surface area contributed by atoms with Gasteiger partial charge in [0, 0.05) is 35.9 Å². The van der Waals surface area contributed by atoms with E-state index in [1.807, 2.05) is 22.2 Å². The molecule has 1 amide bonds. The molecule has 0 fully saturated rings. The topological polar surface area (TPSA) is 74.1 Å². The maximum Gasteiger partial charge on any atom is 0.226 e. The van der Waals surface area contributed by atoms with Gasteiger partial charge < -0.3 is 19.5 Å². The van der Waals surface area contributed by atoms with Gasteiger partial charge in [0.1, 0.15) is 5.75 Å². The van der Waals surface area contributed by atoms with E-state index in [-0.39, 0.29) is 12.3 Å². The van der Waals surface area contributed by atoms with E-state index in [0.717, 1.165) is 16.2 Å². The van der Waals surface area contributed by atoms with Crippen LogP contribution < -0.4 is 19.5 Å². The molecule has 132 valence electrons. The summed E-state index contributed by atoms with van der Waals surface area (Å²) < 4.78 is 17.8. The fourth-order valence-corrected chi connectivity index (χ4v) is 3.23. The highest BCUT2D eigenvalue weighted by Crippen LogP contribution is 2.34. The van der Waals surface area contributed by atoms with Crippen molar-refractivity contribution in [1.82, 2.24) is 14.7 Å². The maximum atomic E-state index is 12.2. The molecule has 7 nitrogen and oxygen atoms in total. The predicted octanol–water partition coefficient (Wildman–Crippen LogP) is 2.28. The van der Waals surface area contributed by atoms with Crippen molar-refractivity contribution in [2.45, 2.75) is 13.0 Å². The number of rotatable bonds is 7. The highest BCUT2D eigenvalue weighted by molar-refractivity contribution is 7.15. The van der Waals surface area contributed by atoms with Gasteiger partial charge in [0.25, 0.3) is 0 Å². The van der Waals surface area contributed by atoms with Crippen LogP contribution in [-0.4, -0.2) is 36.6 Å². The van der Waals surface area contributed by atoms with E-state index < -0.39 is 0 Å². The molecule has 25 heavy (non-hydrogen) atoms. The van der Waals surface area contributed by atoms with Crippen molar-refractivity contribution in [3.05, 3.63) is 41.2 Å². The molecular weight excluding hydrogens is 342 g/mol. The molecule has 0 saturated carbocycles. The van der Waals surface area contributed by atoms with Crippen LogP contribution in [0.15, 0.2) is 29.9 Å². The average Bonchev–Trinajstić information content (AvgIpc) is 3.20. The molecule has 0 aliphatic carbocycles. The number of benzene rings is 1. The van der Waals surface area contributed by atoms with E-state index in [1.165, 1.54) is 11.3 Å². The number of imidazole rings is 1. The third-order valence-corrected chi connectivity index (χ3v) is 4.52. The Hall–Kier alpha value is -2.74. The molecule has 8 heteroatoms. The highest BCUT2D eigenvalue weighted by atomic mass is 32.1. The first-order valence-corrected chi connectivity index (χ1v) is 8.49. The Labute approximate surface area is 149 Å². The summed E-state index contributed by atoms with van der Waals surface area (Å²) in [5.41, 5.74) is 1.54. The van der Waals surface area contributed by atoms with Crippen LogP contribution in [0, 0.1) is 0 Å². The smallest absolute Gasteiger partial charge is 0.226 e. The van der Waals surface area contributed by atoms with Gasteiger partial charge in [-0.05, 0) is 6.07 Å². The lowest BCUT2D eigenvalue weighted by atomic mass is 10.1. The Morgan fingerprint density at radius 1 is 1.16 bits per heavy atom. The van der Waals surface area contributed by atoms with Gasteiger partial charge in [-0.3, -0.25) is 9.20 Å². The number of carbonyl (C=O) groups excluding carboxylic acids is 1. The van der Waals surface area contributed by atoms with Gasteiger partial charge in [0.15, 0.2) is 16.5 Å². The van der Waals surface area contributed by atoms with Crippen molar-refractivity contribution in [3.63, 3.8) is 0 Å². The van der Waals surface area contributed by atoms with Crippen LogP contribution in [0.5, 0.6) is 17.2 Å². The number of hydrogen-bond acceptors (Lipinski definition) is 6. The van der Waals surface area contributed by atoms with Crippen molar-refractivity contribution in [1.29, 1.82) is 0 Å². The van der Waals surface area contributed by atoms with Crippen LogP contribution in [-0.2, 0) is 17.8 Å². The third kappa shape index (κ3) is 3.69. The summed E-state index contributed by atoms with van der Waals surface area (Å²) in [6.45, 7) is 0.324. The number of methoxy groups -OCH3 is 3. The second-order valence-corrected chi connectivity index (χ2v) is 6.17. The highest BCUT2D eigenvalue weighted by Gasteiger charge is 2.13. The van der Waals surface area contributed by atoms with Crippen LogP contribution in [0.3, 0.4) is 0 Å². The van der Waals surface area contributed by atoms with Gasteiger partial charge in [0.05, 0.1) is 33.4 Å². The Bertz CT molecular complexity index is 859. The molecular formula is C17H19N3O4S. The molecule has 0 spiro atoms. The minimum absolute atomic E-state index is 0.109. The largest absolute Gasteiger partial charge is 0.496 e. The van der Waals surface area contributed by atoms with Gasteiger partial charge in [-0.2, -0.15) is 0 Å². The first kappa shape index (κ1) is 17.1. The second kappa shape index (κ2) is 7.43. The number of aromatic nitrogens is 2. The Kier molecular flexibility index (Phi) is 5.08. The summed E-state index contributed by atoms with van der Waals surface area (Å²) in [4.78, 5) is 17.5. The minimum Gasteiger partial charge on any atom is -0.496 e. The van der Waals surface area contributed by atoms with Crippen LogP contribution in [0.4, 0.5) is 0 Å². The zero-order chi connectivity index (χ0) is 17.8. The molecule has 0 unspecified atom stereocenters. The lowest BCUT2D eigenvalue weighted by Gasteiger charge is -2.14. The first-order valence-electron chi connectivity index (χ1n) is 7.61. The normalized spacial score (nSPS) is 10.7. The minimum atomic E-state index is -0.109. The summed E-state index contributed by atoms with van der Waals surface area (Å²) in [5.74, 6) is 1.68. The Morgan fingerprint density at radius 2 is 1.88 bits per heavy atom. The number of nitrogens with one attached hydrogen (secondary N) is 1. The van der Waals surface area contributed by atoms with Gasteiger partial charge in [-0.25, -0.2) is 4.98 Å². The molecule has 0 saturated heterocycles. The predicted molar refractivity (Wildman–Crippen MR) is 94.7 cm³/mol. The summed E-state index contributed by atoms with van der Waals surface area (Å²) in [6.07, 6.45) is 4.01. The third-order valence-electron chi connectivity index (χ3n) is 3.75. The van der Waals surface area contributed by atoms with Crippen LogP contribution >= 0.6 is 11.3 Å². The van der Waals surface area contributed by atoms with Gasteiger partial charge in [0.2, 0.25) is 5.91 Å². The molecule has 3 aromatic rings. The van der Waals surface area contributed by atoms with Crippen LogP contribution in [0.2, 0.25) is 0 Å². The number of thiazole rings is 1. The van der Waals surface area contributed by atoms with Crippen LogP contribution in [0.1, 0.15) is 11.3 Å². The lowest BCUT2D eigenvalue weighted by Crippen LogP contribution is -2.25. The number of hydrogen-bond donors (Lipinski definition) is 1. The SMILES string of the molecule is COc1cc(OC)c(OC)cc1CNC(=O)Cc1cn2ccsc2n1. The van der Waals surface area contributed by atoms with Crippen molar-refractivity contribution in [2.75, 3.05) is 21.3 Å². The molecule has 0 aliphatic rings. The lowest BCUT2D eigenvalue weighted by molar-refractivity contribution is -0.120. The number of fused-ring (bicyclic) bond motifs is 1. The maximum absolute atomic E-state index is 12.2. The van der Waals surface area contributed by atoms with Gasteiger partial charge >= 0.3 is 0 Å². The molecule has 3 rings (SSSR count). The van der Waals surface area contributed by atoms with Gasteiger partial charge in [-0.1, -0.05) is 0 Å². The molecule has 0 radical (unpaired) electrons. The molecule has 0 aliphatic heterocycles. The standard InChI is InChI=1S/C17H19N3O4S/c1-22-13-8-15(24-3)14(23-2)6-11(13)9-18-16(21)7-12-10-20-4-5-25-17(20)19-12/h4-6,8,10H,7,9H2,1-3H3,(H,18,21). The molecule has 1 N–H and O–H groups in total. The van der Waals surface area contributed by atoms with E-state index >= 15 is 0 Å². The van der Waals surface area contributed by atoms with Crippen LogP contribution in [0.25, 0.3) is 4.96 Å². The van der Waals surface area contributed by atoms with Gasteiger partial charge in [-0.15, -0.1) is 11.3 Å². The van der Waals surface area contributed by atoms with E-state index in [1.54, 1.807) is 33.5 Å². The monoisotopic (exact) mass is 361 g/mol. The number of ether oxygens (including phenoxy) is 3. The molecule has 1 aromatic carbocycles. The quantitative estimate of drug-likeness (QED) is 0.699. The number of nitrogens with zero attached hydrogens (tertiary/aromatic N) is 2. The van der Waals surface area contributed by atoms with E-state index in [4.69, 9.17) is 14.2 Å². The van der Waals surface area contributed by atoms with Crippen molar-refractivity contribution in [3.8, 4) is 17.2 Å². The summed E-state index contributed by atoms with van der Waals surface area (Å²) in [6, 6.07) is 3.54. The first-order chi connectivity index (χ1) is 12.1. The Balaban J connectivity index is 1.67. The Morgan fingerprint density at radius 3 is 2.56 bits per heavy atom. The van der Waals surface area contributed by atoms with E-state index in [0.29, 0.717) is 23.8 Å². The molecule has 0 bridgehead atoms. The average molecular weight is 361 g/mol. The molecule has 2 heterocycles. The number of amides is 1. The van der Waals surface area contributed by atoms with Crippen molar-refractivity contribution >= 4 is 22.2 Å². The fraction of sp³-hybridized carbons (Fsp3) is 0.294. The second-order valence-electron chi connectivity index (χ2n) is 5.30. The summed E-state index contributed by atoms with van der Waals surface area (Å²) in [7, 11) is 4.70.